The van der Waals surface area contributed by atoms with Gasteiger partial charge in [0.15, 0.2) is 0 Å². The van der Waals surface area contributed by atoms with E-state index >= 15 is 0 Å². The average Bonchev–Trinajstić information content (AvgIpc) is 2.38. The van der Waals surface area contributed by atoms with Crippen LogP contribution in [0, 0.1) is 0 Å². The Balaban J connectivity index is 2.49. The van der Waals surface area contributed by atoms with E-state index in [1.165, 1.54) is 11.1 Å². The van der Waals surface area contributed by atoms with E-state index in [4.69, 9.17) is 4.74 Å². The Labute approximate surface area is 111 Å². The van der Waals surface area contributed by atoms with Crippen LogP contribution in [-0.4, -0.2) is 19.7 Å². The van der Waals surface area contributed by atoms with E-state index in [0.29, 0.717) is 0 Å². The Kier molecular flexibility index (Phi) is 7.38. The van der Waals surface area contributed by atoms with Gasteiger partial charge in [0.2, 0.25) is 0 Å². The number of rotatable bonds is 9. The molecular formula is C16H25NO. The molecule has 1 aromatic carbocycles. The van der Waals surface area contributed by atoms with Crippen molar-refractivity contribution in [1.29, 1.82) is 0 Å². The maximum Gasteiger partial charge on any atom is 0.0949 e. The molecule has 1 unspecified atom stereocenters. The molecule has 2 heteroatoms. The lowest BCUT2D eigenvalue weighted by molar-refractivity contribution is 0.0549. The van der Waals surface area contributed by atoms with Gasteiger partial charge in [0, 0.05) is 6.54 Å². The summed E-state index contributed by atoms with van der Waals surface area (Å²) in [5.74, 6) is 0. The van der Waals surface area contributed by atoms with Gasteiger partial charge in [0.25, 0.3) is 0 Å². The molecule has 0 heterocycles. The highest BCUT2D eigenvalue weighted by molar-refractivity contribution is 5.17. The van der Waals surface area contributed by atoms with Gasteiger partial charge in [0.05, 0.1) is 12.7 Å². The monoisotopic (exact) mass is 247 g/mol. The minimum Gasteiger partial charge on any atom is -0.372 e. The van der Waals surface area contributed by atoms with Crippen molar-refractivity contribution in [1.82, 2.24) is 5.32 Å². The van der Waals surface area contributed by atoms with Crippen molar-refractivity contribution in [2.75, 3.05) is 19.7 Å². The third kappa shape index (κ3) is 5.99. The quantitative estimate of drug-likeness (QED) is 0.530. The highest BCUT2D eigenvalue weighted by atomic mass is 16.5. The van der Waals surface area contributed by atoms with E-state index in [0.717, 1.165) is 32.5 Å². The number of hydrogen-bond acceptors (Lipinski definition) is 2. The molecule has 100 valence electrons. The zero-order chi connectivity index (χ0) is 13.2. The van der Waals surface area contributed by atoms with Crippen LogP contribution in [0.2, 0.25) is 0 Å². The van der Waals surface area contributed by atoms with Crippen LogP contribution >= 0.6 is 0 Å². The smallest absolute Gasteiger partial charge is 0.0949 e. The molecule has 0 aliphatic heterocycles. The van der Waals surface area contributed by atoms with E-state index < -0.39 is 0 Å². The zero-order valence-electron chi connectivity index (χ0n) is 11.6. The Hall–Kier alpha value is -1.12. The first-order valence-electron chi connectivity index (χ1n) is 6.75. The average molecular weight is 247 g/mol. The predicted molar refractivity (Wildman–Crippen MR) is 77.7 cm³/mol. The van der Waals surface area contributed by atoms with Gasteiger partial charge in [0.1, 0.15) is 0 Å². The lowest BCUT2D eigenvalue weighted by atomic mass is 10.1. The Morgan fingerprint density at radius 2 is 2.06 bits per heavy atom. The number of nitrogens with one attached hydrogen (secondary N) is 1. The van der Waals surface area contributed by atoms with Crippen molar-refractivity contribution in [3.8, 4) is 0 Å². The van der Waals surface area contributed by atoms with Crippen LogP contribution in [0.5, 0.6) is 0 Å². The maximum atomic E-state index is 5.96. The second-order valence-corrected chi connectivity index (χ2v) is 4.68. The van der Waals surface area contributed by atoms with Crippen LogP contribution in [-0.2, 0) is 4.74 Å². The second-order valence-electron chi connectivity index (χ2n) is 4.68. The summed E-state index contributed by atoms with van der Waals surface area (Å²) in [6, 6.07) is 10.4. The fraction of sp³-hybridized carbons (Fsp3) is 0.500. The molecule has 1 rings (SSSR count). The summed E-state index contributed by atoms with van der Waals surface area (Å²) in [6.07, 6.45) is 2.21. The van der Waals surface area contributed by atoms with Crippen LogP contribution in [0.15, 0.2) is 42.5 Å². The van der Waals surface area contributed by atoms with Gasteiger partial charge in [-0.1, -0.05) is 42.8 Å². The summed E-state index contributed by atoms with van der Waals surface area (Å²) in [6.45, 7) is 10.8. The fourth-order valence-electron chi connectivity index (χ4n) is 1.73. The summed E-state index contributed by atoms with van der Waals surface area (Å²) in [4.78, 5) is 0. The highest BCUT2D eigenvalue weighted by Gasteiger charge is 2.10. The Morgan fingerprint density at radius 3 is 2.67 bits per heavy atom. The molecule has 1 atom stereocenters. The third-order valence-corrected chi connectivity index (χ3v) is 2.78. The molecule has 0 aliphatic carbocycles. The molecular weight excluding hydrogens is 222 g/mol. The molecule has 0 saturated carbocycles. The summed E-state index contributed by atoms with van der Waals surface area (Å²) >= 11 is 0. The van der Waals surface area contributed by atoms with Gasteiger partial charge in [-0.3, -0.25) is 0 Å². The molecule has 0 aromatic heterocycles. The number of benzene rings is 1. The summed E-state index contributed by atoms with van der Waals surface area (Å²) < 4.78 is 5.96. The molecule has 0 saturated heterocycles. The first-order valence-corrected chi connectivity index (χ1v) is 6.75. The van der Waals surface area contributed by atoms with E-state index in [2.05, 4.69) is 43.1 Å². The van der Waals surface area contributed by atoms with Gasteiger partial charge < -0.3 is 10.1 Å². The Bertz CT molecular complexity index is 334. The molecule has 0 bridgehead atoms. The lowest BCUT2D eigenvalue weighted by Crippen LogP contribution is -2.24. The number of ether oxygens (including phenoxy) is 1. The van der Waals surface area contributed by atoms with Crippen LogP contribution in [0.1, 0.15) is 38.4 Å². The van der Waals surface area contributed by atoms with Crippen molar-refractivity contribution in [3.63, 3.8) is 0 Å². The topological polar surface area (TPSA) is 21.3 Å². The summed E-state index contributed by atoms with van der Waals surface area (Å²) in [5, 5.41) is 3.42. The maximum absolute atomic E-state index is 5.96. The second kappa shape index (κ2) is 8.90. The van der Waals surface area contributed by atoms with Crippen molar-refractivity contribution in [2.24, 2.45) is 0 Å². The van der Waals surface area contributed by atoms with Crippen molar-refractivity contribution in [2.45, 2.75) is 32.8 Å². The molecule has 2 nitrogen and oxygen atoms in total. The largest absolute Gasteiger partial charge is 0.372 e. The normalized spacial score (nSPS) is 12.3. The third-order valence-electron chi connectivity index (χ3n) is 2.78. The number of hydrogen-bond donors (Lipinski definition) is 1. The van der Waals surface area contributed by atoms with Gasteiger partial charge in [-0.25, -0.2) is 0 Å². The van der Waals surface area contributed by atoms with Crippen molar-refractivity contribution < 1.29 is 4.74 Å². The van der Waals surface area contributed by atoms with Crippen LogP contribution < -0.4 is 5.32 Å². The predicted octanol–water partition coefficient (Wildman–Crippen LogP) is 3.71. The van der Waals surface area contributed by atoms with E-state index in [9.17, 15) is 0 Å². The van der Waals surface area contributed by atoms with E-state index in [1.54, 1.807) is 0 Å². The molecule has 0 aliphatic rings. The first kappa shape index (κ1) is 14.9. The zero-order valence-corrected chi connectivity index (χ0v) is 11.6. The molecule has 0 fully saturated rings. The van der Waals surface area contributed by atoms with Crippen molar-refractivity contribution >= 4 is 0 Å². The molecule has 0 amide bonds. The Morgan fingerprint density at radius 1 is 1.33 bits per heavy atom. The fourth-order valence-corrected chi connectivity index (χ4v) is 1.73. The van der Waals surface area contributed by atoms with E-state index in [-0.39, 0.29) is 6.10 Å². The summed E-state index contributed by atoms with van der Waals surface area (Å²) in [5.41, 5.74) is 2.41. The van der Waals surface area contributed by atoms with Gasteiger partial charge in [-0.05, 0) is 31.9 Å². The lowest BCUT2D eigenvalue weighted by Gasteiger charge is -2.19. The SMILES string of the molecule is C=C(C)CCOC(CNCCC)c1ccccc1. The standard InChI is InChI=1S/C16H25NO/c1-4-11-17-13-16(18-12-10-14(2)3)15-8-6-5-7-9-15/h5-9,16-17H,2,4,10-13H2,1,3H3. The molecule has 1 aromatic rings. The van der Waals surface area contributed by atoms with Crippen LogP contribution in [0.4, 0.5) is 0 Å². The first-order chi connectivity index (χ1) is 8.74. The van der Waals surface area contributed by atoms with E-state index in [1.807, 2.05) is 13.0 Å². The van der Waals surface area contributed by atoms with Crippen LogP contribution in [0.3, 0.4) is 0 Å². The van der Waals surface area contributed by atoms with Crippen molar-refractivity contribution in [3.05, 3.63) is 48.0 Å². The molecule has 0 spiro atoms. The molecule has 18 heavy (non-hydrogen) atoms. The van der Waals surface area contributed by atoms with Gasteiger partial charge in [-0.15, -0.1) is 6.58 Å². The van der Waals surface area contributed by atoms with Crippen LogP contribution in [0.25, 0.3) is 0 Å². The van der Waals surface area contributed by atoms with Gasteiger partial charge in [-0.2, -0.15) is 0 Å². The minimum atomic E-state index is 0.136. The molecule has 0 radical (unpaired) electrons. The summed E-state index contributed by atoms with van der Waals surface area (Å²) in [7, 11) is 0. The van der Waals surface area contributed by atoms with Gasteiger partial charge >= 0.3 is 0 Å². The molecule has 1 N–H and O–H groups in total. The highest BCUT2D eigenvalue weighted by Crippen LogP contribution is 2.17. The minimum absolute atomic E-state index is 0.136.